The van der Waals surface area contributed by atoms with E-state index >= 15 is 0 Å². The number of hydrogen-bond acceptors (Lipinski definition) is 0. The summed E-state index contributed by atoms with van der Waals surface area (Å²) < 4.78 is 0. The van der Waals surface area contributed by atoms with Crippen molar-refractivity contribution in [3.63, 3.8) is 0 Å². The number of rotatable bonds is 8. The molecule has 0 saturated carbocycles. The van der Waals surface area contributed by atoms with E-state index in [1.54, 1.807) is 0 Å². The Morgan fingerprint density at radius 2 is 1.29 bits per heavy atom. The highest BCUT2D eigenvalue weighted by Gasteiger charge is 2.37. The van der Waals surface area contributed by atoms with Crippen molar-refractivity contribution < 1.29 is 0 Å². The van der Waals surface area contributed by atoms with Gasteiger partial charge < -0.3 is 0 Å². The van der Waals surface area contributed by atoms with Gasteiger partial charge in [0.2, 0.25) is 0 Å². The largest absolute Gasteiger partial charge is 0.0654 e. The van der Waals surface area contributed by atoms with Gasteiger partial charge in [-0.05, 0) is 35.5 Å². The highest BCUT2D eigenvalue weighted by Crippen LogP contribution is 2.47. The van der Waals surface area contributed by atoms with Gasteiger partial charge in [-0.25, -0.2) is 0 Å². The third-order valence-corrected chi connectivity index (χ3v) is 5.25. The summed E-state index contributed by atoms with van der Waals surface area (Å²) in [5.41, 5.74) is 0.909. The lowest BCUT2D eigenvalue weighted by atomic mass is 9.61. The average molecular weight is 240 g/mol. The quantitative estimate of drug-likeness (QED) is 0.467. The molecule has 0 radical (unpaired) electrons. The average Bonchev–Trinajstić information content (AvgIpc) is 2.16. The summed E-state index contributed by atoms with van der Waals surface area (Å²) in [6, 6.07) is 0. The number of hydrogen-bond donors (Lipinski definition) is 0. The van der Waals surface area contributed by atoms with E-state index in [4.69, 9.17) is 0 Å². The zero-order valence-electron chi connectivity index (χ0n) is 13.7. The lowest BCUT2D eigenvalue weighted by molar-refractivity contribution is 0.0591. The molecule has 0 aromatic rings. The third kappa shape index (κ3) is 5.02. The van der Waals surface area contributed by atoms with Crippen LogP contribution in [-0.2, 0) is 0 Å². The fourth-order valence-corrected chi connectivity index (χ4v) is 2.99. The van der Waals surface area contributed by atoms with Gasteiger partial charge >= 0.3 is 0 Å². The van der Waals surface area contributed by atoms with Crippen molar-refractivity contribution in [2.75, 3.05) is 0 Å². The van der Waals surface area contributed by atoms with E-state index in [0.29, 0.717) is 10.8 Å². The second kappa shape index (κ2) is 6.81. The maximum absolute atomic E-state index is 2.47. The molecule has 0 aromatic heterocycles. The molecule has 0 aromatic carbocycles. The molecule has 0 fully saturated rings. The third-order valence-electron chi connectivity index (χ3n) is 5.25. The Kier molecular flexibility index (Phi) is 6.81. The van der Waals surface area contributed by atoms with Crippen molar-refractivity contribution in [1.82, 2.24) is 0 Å². The second-order valence-corrected chi connectivity index (χ2v) is 7.47. The first kappa shape index (κ1) is 17.0. The predicted octanol–water partition coefficient (Wildman–Crippen LogP) is 6.30. The molecule has 0 aliphatic rings. The minimum atomic E-state index is 0.449. The first-order valence-electron chi connectivity index (χ1n) is 7.68. The summed E-state index contributed by atoms with van der Waals surface area (Å²) in [6.45, 7) is 19.3. The molecule has 2 atom stereocenters. The van der Waals surface area contributed by atoms with Crippen LogP contribution < -0.4 is 0 Å². The smallest absolute Gasteiger partial charge is 0.0300 e. The summed E-state index contributed by atoms with van der Waals surface area (Å²) >= 11 is 0. The predicted molar refractivity (Wildman–Crippen MR) is 80.3 cm³/mol. The van der Waals surface area contributed by atoms with Crippen LogP contribution in [0.4, 0.5) is 0 Å². The zero-order chi connectivity index (χ0) is 13.7. The van der Waals surface area contributed by atoms with Crippen LogP contribution >= 0.6 is 0 Å². The zero-order valence-corrected chi connectivity index (χ0v) is 13.7. The molecule has 17 heavy (non-hydrogen) atoms. The standard InChI is InChI=1S/C17H36/c1-9-11-14(3)15(4)13-17(7,8)16(5,6)12-10-2/h14-15H,9-13H2,1-8H3. The molecule has 0 aliphatic heterocycles. The Labute approximate surface area is 111 Å². The monoisotopic (exact) mass is 240 g/mol. The minimum Gasteiger partial charge on any atom is -0.0654 e. The second-order valence-electron chi connectivity index (χ2n) is 7.47. The fraction of sp³-hybridized carbons (Fsp3) is 1.00. The van der Waals surface area contributed by atoms with Crippen LogP contribution in [0.5, 0.6) is 0 Å². The van der Waals surface area contributed by atoms with Gasteiger partial charge in [0.25, 0.3) is 0 Å². The van der Waals surface area contributed by atoms with Crippen molar-refractivity contribution in [3.8, 4) is 0 Å². The van der Waals surface area contributed by atoms with Gasteiger partial charge in [0.05, 0.1) is 0 Å². The van der Waals surface area contributed by atoms with Crippen LogP contribution in [0.3, 0.4) is 0 Å². The molecular formula is C17H36. The van der Waals surface area contributed by atoms with E-state index in [-0.39, 0.29) is 0 Å². The first-order chi connectivity index (χ1) is 7.68. The molecule has 0 amide bonds. The van der Waals surface area contributed by atoms with Crippen molar-refractivity contribution in [2.24, 2.45) is 22.7 Å². The summed E-state index contributed by atoms with van der Waals surface area (Å²) in [5, 5.41) is 0. The van der Waals surface area contributed by atoms with Crippen LogP contribution in [0.2, 0.25) is 0 Å². The van der Waals surface area contributed by atoms with E-state index in [9.17, 15) is 0 Å². The van der Waals surface area contributed by atoms with Crippen molar-refractivity contribution in [3.05, 3.63) is 0 Å². The molecule has 0 aliphatic carbocycles. The van der Waals surface area contributed by atoms with Gasteiger partial charge in [-0.15, -0.1) is 0 Å². The molecule has 0 heterocycles. The van der Waals surface area contributed by atoms with Gasteiger partial charge in [-0.2, -0.15) is 0 Å². The van der Waals surface area contributed by atoms with Crippen LogP contribution in [0.15, 0.2) is 0 Å². The van der Waals surface area contributed by atoms with Crippen LogP contribution in [-0.4, -0.2) is 0 Å². The molecule has 0 rings (SSSR count). The Balaban J connectivity index is 4.52. The molecular weight excluding hydrogens is 204 g/mol. The molecule has 0 N–H and O–H groups in total. The molecule has 0 spiro atoms. The summed E-state index contributed by atoms with van der Waals surface area (Å²) in [5.74, 6) is 1.72. The summed E-state index contributed by atoms with van der Waals surface area (Å²) in [4.78, 5) is 0. The maximum Gasteiger partial charge on any atom is -0.0300 e. The van der Waals surface area contributed by atoms with E-state index in [0.717, 1.165) is 11.8 Å². The molecule has 2 unspecified atom stereocenters. The van der Waals surface area contributed by atoms with Crippen molar-refractivity contribution in [2.45, 2.75) is 87.5 Å². The molecule has 0 saturated heterocycles. The van der Waals surface area contributed by atoms with Gasteiger partial charge in [-0.1, -0.05) is 74.7 Å². The van der Waals surface area contributed by atoms with Crippen LogP contribution in [0.25, 0.3) is 0 Å². The van der Waals surface area contributed by atoms with E-state index in [1.165, 1.54) is 32.1 Å². The molecule has 0 nitrogen and oxygen atoms in total. The Morgan fingerprint density at radius 1 is 0.765 bits per heavy atom. The van der Waals surface area contributed by atoms with Gasteiger partial charge in [-0.3, -0.25) is 0 Å². The summed E-state index contributed by atoms with van der Waals surface area (Å²) in [7, 11) is 0. The lowest BCUT2D eigenvalue weighted by Crippen LogP contribution is -2.35. The van der Waals surface area contributed by atoms with E-state index in [1.807, 2.05) is 0 Å². The van der Waals surface area contributed by atoms with Crippen molar-refractivity contribution >= 4 is 0 Å². The first-order valence-corrected chi connectivity index (χ1v) is 7.68. The van der Waals surface area contributed by atoms with Crippen molar-refractivity contribution in [1.29, 1.82) is 0 Å². The highest BCUT2D eigenvalue weighted by atomic mass is 14.4. The Hall–Kier alpha value is 0. The topological polar surface area (TPSA) is 0 Å². The van der Waals surface area contributed by atoms with Crippen LogP contribution in [0, 0.1) is 22.7 Å². The van der Waals surface area contributed by atoms with Gasteiger partial charge in [0.1, 0.15) is 0 Å². The molecule has 0 bridgehead atoms. The SMILES string of the molecule is CCCC(C)C(C)CC(C)(C)C(C)(C)CCC. The van der Waals surface area contributed by atoms with E-state index < -0.39 is 0 Å². The molecule has 0 heteroatoms. The van der Waals surface area contributed by atoms with Gasteiger partial charge in [0, 0.05) is 0 Å². The minimum absolute atomic E-state index is 0.449. The molecule has 104 valence electrons. The van der Waals surface area contributed by atoms with Gasteiger partial charge in [0.15, 0.2) is 0 Å². The van der Waals surface area contributed by atoms with Crippen LogP contribution in [0.1, 0.15) is 87.5 Å². The Bertz CT molecular complexity index is 200. The van der Waals surface area contributed by atoms with E-state index in [2.05, 4.69) is 55.4 Å². The normalized spacial score (nSPS) is 16.9. The summed E-state index contributed by atoms with van der Waals surface area (Å²) in [6.07, 6.45) is 6.71. The fourth-order valence-electron chi connectivity index (χ4n) is 2.99. The highest BCUT2D eigenvalue weighted by molar-refractivity contribution is 4.87. The maximum atomic E-state index is 2.47. The lowest BCUT2D eigenvalue weighted by Gasteiger charge is -2.44. The Morgan fingerprint density at radius 3 is 1.71 bits per heavy atom.